The van der Waals surface area contributed by atoms with Gasteiger partial charge in [-0.15, -0.1) is 6.58 Å². The fourth-order valence-electron chi connectivity index (χ4n) is 3.41. The first-order chi connectivity index (χ1) is 14.9. The van der Waals surface area contributed by atoms with E-state index in [0.29, 0.717) is 17.2 Å². The topological polar surface area (TPSA) is 63.6 Å². The van der Waals surface area contributed by atoms with Crippen LogP contribution in [0.5, 0.6) is 11.6 Å². The van der Waals surface area contributed by atoms with Gasteiger partial charge in [-0.2, -0.15) is 0 Å². The minimum atomic E-state index is -0.587. The fraction of sp³-hybridized carbons (Fsp3) is 0.0870. The van der Waals surface area contributed by atoms with Crippen LogP contribution < -0.4 is 10.1 Å². The molecule has 2 amide bonds. The van der Waals surface area contributed by atoms with Crippen molar-refractivity contribution in [2.75, 3.05) is 6.54 Å². The Kier molecular flexibility index (Phi) is 5.39. The third kappa shape index (κ3) is 3.73. The van der Waals surface area contributed by atoms with Gasteiger partial charge in [0.2, 0.25) is 5.88 Å². The monoisotopic (exact) mass is 435 g/mol. The molecule has 0 atom stereocenters. The Morgan fingerprint density at radius 1 is 1.16 bits per heavy atom. The van der Waals surface area contributed by atoms with Gasteiger partial charge < -0.3 is 9.30 Å². The van der Waals surface area contributed by atoms with Crippen molar-refractivity contribution < 1.29 is 18.7 Å². The molecule has 156 valence electrons. The molecule has 1 N–H and O–H groups in total. The highest BCUT2D eigenvalue weighted by Crippen LogP contribution is 2.36. The number of hydrogen-bond donors (Lipinski definition) is 1. The predicted octanol–water partition coefficient (Wildman–Crippen LogP) is 3.92. The first-order valence-corrected chi connectivity index (χ1v) is 9.82. The lowest BCUT2D eigenvalue weighted by Crippen LogP contribution is -2.53. The van der Waals surface area contributed by atoms with E-state index in [2.05, 4.69) is 11.9 Å². The van der Waals surface area contributed by atoms with Gasteiger partial charge in [-0.1, -0.05) is 24.3 Å². The smallest absolute Gasteiger partial charge is 0.265 e. The van der Waals surface area contributed by atoms with Crippen molar-refractivity contribution in [3.8, 4) is 11.6 Å². The molecule has 31 heavy (non-hydrogen) atoms. The van der Waals surface area contributed by atoms with Crippen molar-refractivity contribution in [3.05, 3.63) is 78.1 Å². The number of amides is 2. The van der Waals surface area contributed by atoms with Gasteiger partial charge in [-0.3, -0.25) is 19.8 Å². The van der Waals surface area contributed by atoms with Gasteiger partial charge in [0.1, 0.15) is 17.1 Å². The number of hydrogen-bond acceptors (Lipinski definition) is 4. The molecule has 1 saturated heterocycles. The molecule has 0 spiro atoms. The maximum absolute atomic E-state index is 13.3. The van der Waals surface area contributed by atoms with Gasteiger partial charge in [-0.05, 0) is 48.6 Å². The zero-order valence-electron chi connectivity index (χ0n) is 16.6. The Balaban J connectivity index is 1.87. The highest BCUT2D eigenvalue weighted by Gasteiger charge is 2.33. The number of aryl methyl sites for hydroxylation is 1. The maximum atomic E-state index is 13.3. The van der Waals surface area contributed by atoms with Crippen molar-refractivity contribution in [1.29, 1.82) is 0 Å². The van der Waals surface area contributed by atoms with Gasteiger partial charge in [-0.25, -0.2) is 4.39 Å². The van der Waals surface area contributed by atoms with E-state index >= 15 is 0 Å². The van der Waals surface area contributed by atoms with E-state index < -0.39 is 11.8 Å². The Hall–Kier alpha value is -3.78. The average molecular weight is 435 g/mol. The molecule has 1 aromatic heterocycles. The van der Waals surface area contributed by atoms with Gasteiger partial charge in [0.25, 0.3) is 11.8 Å². The number of ether oxygens (including phenoxy) is 1. The molecule has 4 rings (SSSR count). The molecule has 3 aromatic rings. The highest BCUT2D eigenvalue weighted by atomic mass is 32.1. The van der Waals surface area contributed by atoms with Crippen molar-refractivity contribution in [3.63, 3.8) is 0 Å². The zero-order chi connectivity index (χ0) is 22.1. The second-order valence-electron chi connectivity index (χ2n) is 6.87. The summed E-state index contributed by atoms with van der Waals surface area (Å²) < 4.78 is 21.2. The van der Waals surface area contributed by atoms with Crippen molar-refractivity contribution >= 4 is 46.1 Å². The third-order valence-corrected chi connectivity index (χ3v) is 5.23. The van der Waals surface area contributed by atoms with Crippen molar-refractivity contribution in [2.24, 2.45) is 7.05 Å². The van der Waals surface area contributed by atoms with Crippen LogP contribution in [0, 0.1) is 5.82 Å². The second-order valence-corrected chi connectivity index (χ2v) is 7.26. The second kappa shape index (κ2) is 8.16. The Labute approximate surface area is 183 Å². The van der Waals surface area contributed by atoms with Crippen LogP contribution in [0.15, 0.2) is 66.8 Å². The van der Waals surface area contributed by atoms with Crippen LogP contribution in [0.2, 0.25) is 0 Å². The normalized spacial score (nSPS) is 15.5. The Bertz CT molecular complexity index is 1260. The van der Waals surface area contributed by atoms with Crippen LogP contribution in [-0.4, -0.2) is 32.9 Å². The molecule has 0 radical (unpaired) electrons. The van der Waals surface area contributed by atoms with E-state index in [-0.39, 0.29) is 23.0 Å². The summed E-state index contributed by atoms with van der Waals surface area (Å²) in [6, 6.07) is 13.1. The summed E-state index contributed by atoms with van der Waals surface area (Å²) in [7, 11) is 1.81. The van der Waals surface area contributed by atoms with E-state index in [1.165, 1.54) is 41.3 Å². The Morgan fingerprint density at radius 3 is 2.58 bits per heavy atom. The van der Waals surface area contributed by atoms with Crippen molar-refractivity contribution in [1.82, 2.24) is 14.8 Å². The lowest BCUT2D eigenvalue weighted by Gasteiger charge is -2.27. The largest absolute Gasteiger partial charge is 0.440 e. The standard InChI is InChI=1S/C23H18FN3O3S/c1-3-12-27-21(29)18(20(28)25-23(27)31)13-17-16-6-4-5-7-19(16)26(2)22(17)30-15-10-8-14(24)9-11-15/h3-11,13H,1,12H2,2H3,(H,25,28,31)/b18-13+. The highest BCUT2D eigenvalue weighted by molar-refractivity contribution is 7.80. The zero-order valence-corrected chi connectivity index (χ0v) is 17.4. The van der Waals surface area contributed by atoms with Crippen LogP contribution in [0.4, 0.5) is 4.39 Å². The number of halogens is 1. The SMILES string of the molecule is C=CCN1C(=O)/C(=C/c2c(Oc3ccc(F)cc3)n(C)c3ccccc23)C(=O)NC1=S. The summed E-state index contributed by atoms with van der Waals surface area (Å²) in [4.78, 5) is 26.8. The number of carbonyl (C=O) groups excluding carboxylic acids is 2. The van der Waals surface area contributed by atoms with E-state index in [0.717, 1.165) is 10.9 Å². The number of thiocarbonyl (C=S) groups is 1. The quantitative estimate of drug-likeness (QED) is 0.286. The molecule has 2 aromatic carbocycles. The van der Waals surface area contributed by atoms with Gasteiger partial charge >= 0.3 is 0 Å². The number of rotatable bonds is 5. The van der Waals surface area contributed by atoms with E-state index in [1.807, 2.05) is 35.9 Å². The molecule has 6 nitrogen and oxygen atoms in total. The first-order valence-electron chi connectivity index (χ1n) is 9.41. The number of fused-ring (bicyclic) bond motifs is 1. The lowest BCUT2D eigenvalue weighted by molar-refractivity contribution is -0.128. The number of nitrogens with zero attached hydrogens (tertiary/aromatic N) is 2. The molecule has 1 aliphatic rings. The van der Waals surface area contributed by atoms with Crippen molar-refractivity contribution in [2.45, 2.75) is 0 Å². The van der Waals surface area contributed by atoms with Crippen LogP contribution >= 0.6 is 12.2 Å². The van der Waals surface area contributed by atoms with Crippen LogP contribution in [0.1, 0.15) is 5.56 Å². The molecule has 1 fully saturated rings. The molecular weight excluding hydrogens is 417 g/mol. The van der Waals surface area contributed by atoms with Gasteiger partial charge in [0.05, 0.1) is 5.52 Å². The lowest BCUT2D eigenvalue weighted by atomic mass is 10.1. The minimum absolute atomic E-state index is 0.0350. The first kappa shape index (κ1) is 20.5. The molecule has 1 aliphatic heterocycles. The van der Waals surface area contributed by atoms with E-state index in [1.54, 1.807) is 0 Å². The summed E-state index contributed by atoms with van der Waals surface area (Å²) in [5.74, 6) is -0.662. The minimum Gasteiger partial charge on any atom is -0.440 e. The Morgan fingerprint density at radius 2 is 1.87 bits per heavy atom. The van der Waals surface area contributed by atoms with E-state index in [4.69, 9.17) is 17.0 Å². The summed E-state index contributed by atoms with van der Waals surface area (Å²) in [5, 5.41) is 3.36. The number of nitrogens with one attached hydrogen (secondary N) is 1. The number of para-hydroxylation sites is 1. The summed E-state index contributed by atoms with van der Waals surface area (Å²) in [6.45, 7) is 3.80. The van der Waals surface area contributed by atoms with Gasteiger partial charge in [0, 0.05) is 24.5 Å². The molecule has 0 aliphatic carbocycles. The molecule has 8 heteroatoms. The molecule has 0 bridgehead atoms. The summed E-state index contributed by atoms with van der Waals surface area (Å²) in [5.41, 5.74) is 1.32. The average Bonchev–Trinajstić information content (AvgIpc) is 3.01. The molecule has 0 unspecified atom stereocenters. The van der Waals surface area contributed by atoms with Crippen LogP contribution in [-0.2, 0) is 16.6 Å². The number of carbonyl (C=O) groups is 2. The van der Waals surface area contributed by atoms with Crippen LogP contribution in [0.3, 0.4) is 0 Å². The third-order valence-electron chi connectivity index (χ3n) is 4.90. The molecule has 2 heterocycles. The van der Waals surface area contributed by atoms with E-state index in [9.17, 15) is 14.0 Å². The van der Waals surface area contributed by atoms with Crippen LogP contribution in [0.25, 0.3) is 17.0 Å². The fourth-order valence-corrected chi connectivity index (χ4v) is 3.66. The summed E-state index contributed by atoms with van der Waals surface area (Å²) >= 11 is 5.11. The molecule has 0 saturated carbocycles. The number of benzene rings is 2. The van der Waals surface area contributed by atoms with Gasteiger partial charge in [0.15, 0.2) is 5.11 Å². The predicted molar refractivity (Wildman–Crippen MR) is 120 cm³/mol. The molecular formula is C23H18FN3O3S. The number of aromatic nitrogens is 1. The summed E-state index contributed by atoms with van der Waals surface area (Å²) in [6.07, 6.45) is 3.02. The maximum Gasteiger partial charge on any atom is 0.265 e.